The van der Waals surface area contributed by atoms with Crippen LogP contribution in [0.4, 0.5) is 10.1 Å². The van der Waals surface area contributed by atoms with Gasteiger partial charge in [0, 0.05) is 11.7 Å². The van der Waals surface area contributed by atoms with Crippen molar-refractivity contribution in [3.63, 3.8) is 0 Å². The highest BCUT2D eigenvalue weighted by molar-refractivity contribution is 5.94. The van der Waals surface area contributed by atoms with E-state index in [-0.39, 0.29) is 23.8 Å². The largest absolute Gasteiger partial charge is 0.369 e. The number of rotatable bonds is 5. The monoisotopic (exact) mass is 307 g/mol. The van der Waals surface area contributed by atoms with Crippen LogP contribution >= 0.6 is 0 Å². The van der Waals surface area contributed by atoms with E-state index < -0.39 is 11.9 Å². The van der Waals surface area contributed by atoms with E-state index in [9.17, 15) is 14.0 Å². The van der Waals surface area contributed by atoms with Crippen molar-refractivity contribution in [2.24, 2.45) is 11.7 Å². The Morgan fingerprint density at radius 2 is 2.05 bits per heavy atom. The van der Waals surface area contributed by atoms with Crippen molar-refractivity contribution in [2.75, 3.05) is 5.32 Å². The van der Waals surface area contributed by atoms with Gasteiger partial charge in [0.25, 0.3) is 0 Å². The van der Waals surface area contributed by atoms with Gasteiger partial charge in [0.15, 0.2) is 0 Å². The van der Waals surface area contributed by atoms with E-state index >= 15 is 0 Å². The Morgan fingerprint density at radius 1 is 1.32 bits per heavy atom. The Hall–Kier alpha value is -1.95. The molecule has 3 atom stereocenters. The lowest BCUT2D eigenvalue weighted by Gasteiger charge is -2.32. The van der Waals surface area contributed by atoms with Crippen LogP contribution in [0.2, 0.25) is 0 Å². The number of carbonyl (C=O) groups excluding carboxylic acids is 2. The smallest absolute Gasteiger partial charge is 0.241 e. The summed E-state index contributed by atoms with van der Waals surface area (Å²) in [5.74, 6) is -1.23. The van der Waals surface area contributed by atoms with Gasteiger partial charge in [0.2, 0.25) is 11.8 Å². The molecule has 0 aromatic heterocycles. The predicted octanol–water partition coefficient (Wildman–Crippen LogP) is 1.79. The van der Waals surface area contributed by atoms with Crippen LogP contribution in [0.15, 0.2) is 24.3 Å². The maximum Gasteiger partial charge on any atom is 0.241 e. The molecule has 0 saturated heterocycles. The second-order valence-corrected chi connectivity index (χ2v) is 5.79. The molecule has 2 amide bonds. The summed E-state index contributed by atoms with van der Waals surface area (Å²) in [5, 5.41) is 5.84. The Kier molecular flexibility index (Phi) is 5.49. The molecule has 1 aliphatic rings. The number of anilines is 1. The molecule has 1 aromatic rings. The normalized spacial score (nSPS) is 22.8. The van der Waals surface area contributed by atoms with Gasteiger partial charge in [-0.15, -0.1) is 0 Å². The minimum absolute atomic E-state index is 0.0838. The second-order valence-electron chi connectivity index (χ2n) is 5.79. The number of primary amides is 1. The van der Waals surface area contributed by atoms with Gasteiger partial charge in [-0.1, -0.05) is 18.9 Å². The summed E-state index contributed by atoms with van der Waals surface area (Å²) in [4.78, 5) is 23.6. The number of amides is 2. The number of halogens is 1. The number of carbonyl (C=O) groups is 2. The zero-order valence-corrected chi connectivity index (χ0v) is 12.6. The predicted molar refractivity (Wildman–Crippen MR) is 82.6 cm³/mol. The first-order valence-corrected chi connectivity index (χ1v) is 7.59. The molecule has 0 radical (unpaired) electrons. The molecule has 2 rings (SSSR count). The van der Waals surface area contributed by atoms with Crippen LogP contribution < -0.4 is 16.4 Å². The van der Waals surface area contributed by atoms with Crippen molar-refractivity contribution in [1.29, 1.82) is 0 Å². The SMILES string of the molecule is C[C@H](N[C@@H]1CCCC[C@@H]1C(N)=O)C(=O)Nc1cccc(F)c1. The molecule has 120 valence electrons. The fourth-order valence-electron chi connectivity index (χ4n) is 2.88. The van der Waals surface area contributed by atoms with Crippen LogP contribution in [0.25, 0.3) is 0 Å². The quantitative estimate of drug-likeness (QED) is 0.775. The average Bonchev–Trinajstić information content (AvgIpc) is 2.47. The Labute approximate surface area is 129 Å². The third kappa shape index (κ3) is 4.27. The fraction of sp³-hybridized carbons (Fsp3) is 0.500. The van der Waals surface area contributed by atoms with Gasteiger partial charge in [-0.3, -0.25) is 9.59 Å². The molecule has 5 nitrogen and oxygen atoms in total. The van der Waals surface area contributed by atoms with Crippen molar-refractivity contribution in [1.82, 2.24) is 5.32 Å². The summed E-state index contributed by atoms with van der Waals surface area (Å²) in [6, 6.07) is 5.16. The van der Waals surface area contributed by atoms with Crippen molar-refractivity contribution >= 4 is 17.5 Å². The van der Waals surface area contributed by atoms with Crippen molar-refractivity contribution in [2.45, 2.75) is 44.7 Å². The molecular formula is C16H22FN3O2. The first-order chi connectivity index (χ1) is 10.5. The molecule has 0 heterocycles. The van der Waals surface area contributed by atoms with E-state index in [1.54, 1.807) is 13.0 Å². The molecule has 1 saturated carbocycles. The van der Waals surface area contributed by atoms with Crippen LogP contribution in [0.3, 0.4) is 0 Å². The van der Waals surface area contributed by atoms with Gasteiger partial charge in [0.05, 0.1) is 12.0 Å². The standard InChI is InChI=1S/C16H22FN3O2/c1-10(16(22)20-12-6-4-5-11(17)9-12)19-14-8-3-2-7-13(14)15(18)21/h4-6,9-10,13-14,19H,2-3,7-8H2,1H3,(H2,18,21)(H,20,22)/t10-,13-,14+/m0/s1. The highest BCUT2D eigenvalue weighted by Gasteiger charge is 2.31. The number of benzene rings is 1. The topological polar surface area (TPSA) is 84.2 Å². The zero-order chi connectivity index (χ0) is 16.1. The van der Waals surface area contributed by atoms with Gasteiger partial charge in [-0.25, -0.2) is 4.39 Å². The van der Waals surface area contributed by atoms with Crippen molar-refractivity contribution < 1.29 is 14.0 Å². The molecule has 0 unspecified atom stereocenters. The van der Waals surface area contributed by atoms with E-state index in [0.29, 0.717) is 5.69 Å². The fourth-order valence-corrected chi connectivity index (χ4v) is 2.88. The summed E-state index contributed by atoms with van der Waals surface area (Å²) in [5.41, 5.74) is 5.84. The van der Waals surface area contributed by atoms with Gasteiger partial charge in [0.1, 0.15) is 5.82 Å². The van der Waals surface area contributed by atoms with E-state index in [2.05, 4.69) is 10.6 Å². The maximum atomic E-state index is 13.1. The molecule has 0 bridgehead atoms. The lowest BCUT2D eigenvalue weighted by Crippen LogP contribution is -2.51. The lowest BCUT2D eigenvalue weighted by molar-refractivity contribution is -0.124. The Morgan fingerprint density at radius 3 is 2.73 bits per heavy atom. The maximum absolute atomic E-state index is 13.1. The van der Waals surface area contributed by atoms with Crippen LogP contribution in [-0.4, -0.2) is 23.9 Å². The molecule has 1 aliphatic carbocycles. The molecule has 22 heavy (non-hydrogen) atoms. The minimum atomic E-state index is -0.492. The summed E-state index contributed by atoms with van der Waals surface area (Å²) in [7, 11) is 0. The van der Waals surface area contributed by atoms with E-state index in [1.165, 1.54) is 18.2 Å². The van der Waals surface area contributed by atoms with Crippen LogP contribution in [-0.2, 0) is 9.59 Å². The minimum Gasteiger partial charge on any atom is -0.369 e. The second kappa shape index (κ2) is 7.35. The summed E-state index contributed by atoms with van der Waals surface area (Å²) in [6.45, 7) is 1.72. The molecule has 6 heteroatoms. The highest BCUT2D eigenvalue weighted by Crippen LogP contribution is 2.24. The van der Waals surface area contributed by atoms with E-state index in [1.807, 2.05) is 0 Å². The van der Waals surface area contributed by atoms with Gasteiger partial charge >= 0.3 is 0 Å². The van der Waals surface area contributed by atoms with Gasteiger partial charge in [-0.2, -0.15) is 0 Å². The third-order valence-electron chi connectivity index (χ3n) is 4.08. The van der Waals surface area contributed by atoms with Crippen LogP contribution in [0.1, 0.15) is 32.6 Å². The number of nitrogens with two attached hydrogens (primary N) is 1. The zero-order valence-electron chi connectivity index (χ0n) is 12.6. The Balaban J connectivity index is 1.94. The third-order valence-corrected chi connectivity index (χ3v) is 4.08. The van der Waals surface area contributed by atoms with Gasteiger partial charge in [-0.05, 0) is 38.0 Å². The van der Waals surface area contributed by atoms with E-state index in [0.717, 1.165) is 25.7 Å². The molecule has 1 aromatic carbocycles. The Bertz CT molecular complexity index is 550. The number of hydrogen-bond acceptors (Lipinski definition) is 3. The number of nitrogens with one attached hydrogen (secondary N) is 2. The summed E-state index contributed by atoms with van der Waals surface area (Å²) in [6.07, 6.45) is 3.58. The summed E-state index contributed by atoms with van der Waals surface area (Å²) < 4.78 is 13.1. The van der Waals surface area contributed by atoms with Gasteiger partial charge < -0.3 is 16.4 Å². The lowest BCUT2D eigenvalue weighted by atomic mass is 9.83. The summed E-state index contributed by atoms with van der Waals surface area (Å²) >= 11 is 0. The van der Waals surface area contributed by atoms with Crippen molar-refractivity contribution in [3.05, 3.63) is 30.1 Å². The first-order valence-electron chi connectivity index (χ1n) is 7.59. The molecule has 4 N–H and O–H groups in total. The first kappa shape index (κ1) is 16.4. The average molecular weight is 307 g/mol. The number of hydrogen-bond donors (Lipinski definition) is 3. The van der Waals surface area contributed by atoms with Crippen LogP contribution in [0.5, 0.6) is 0 Å². The molecular weight excluding hydrogens is 285 g/mol. The van der Waals surface area contributed by atoms with Crippen molar-refractivity contribution in [3.8, 4) is 0 Å². The molecule has 0 aliphatic heterocycles. The highest BCUT2D eigenvalue weighted by atomic mass is 19.1. The molecule has 1 fully saturated rings. The molecule has 0 spiro atoms. The van der Waals surface area contributed by atoms with E-state index in [4.69, 9.17) is 5.73 Å². The van der Waals surface area contributed by atoms with Crippen LogP contribution in [0, 0.1) is 11.7 Å².